The first-order valence-electron chi connectivity index (χ1n) is 6.57. The molecule has 5 nitrogen and oxygen atoms in total. The van der Waals surface area contributed by atoms with E-state index in [2.05, 4.69) is 48.0 Å². The van der Waals surface area contributed by atoms with Crippen molar-refractivity contribution in [3.63, 3.8) is 0 Å². The van der Waals surface area contributed by atoms with E-state index < -0.39 is 0 Å². The topological polar surface area (TPSA) is 56.8 Å². The van der Waals surface area contributed by atoms with Crippen LogP contribution in [0.15, 0.2) is 18.2 Å². The summed E-state index contributed by atoms with van der Waals surface area (Å²) < 4.78 is 1.03. The Balaban J connectivity index is 1.83. The molecule has 3 rings (SSSR count). The van der Waals surface area contributed by atoms with Gasteiger partial charge in [-0.3, -0.25) is 5.10 Å². The fourth-order valence-electron chi connectivity index (χ4n) is 2.21. The van der Waals surface area contributed by atoms with Crippen molar-refractivity contribution in [3.8, 4) is 11.4 Å². The highest BCUT2D eigenvalue weighted by molar-refractivity contribution is 14.1. The molecule has 0 unspecified atom stereocenters. The van der Waals surface area contributed by atoms with Crippen LogP contribution < -0.4 is 10.2 Å². The lowest BCUT2D eigenvalue weighted by atomic mass is 10.2. The number of halogens is 2. The highest BCUT2D eigenvalue weighted by Gasteiger charge is 2.15. The normalized spacial score (nSPS) is 16.2. The minimum absolute atomic E-state index is 0.736. The SMILES string of the molecule is Clc1cc(-c2nc(N3CCCNCC3)n[nH]2)ccc1I. The lowest BCUT2D eigenvalue weighted by Gasteiger charge is -2.16. The molecule has 1 fully saturated rings. The van der Waals surface area contributed by atoms with Crippen molar-refractivity contribution in [1.29, 1.82) is 0 Å². The zero-order valence-electron chi connectivity index (χ0n) is 10.9. The van der Waals surface area contributed by atoms with E-state index in [0.29, 0.717) is 0 Å². The summed E-state index contributed by atoms with van der Waals surface area (Å²) in [5, 5.41) is 11.4. The van der Waals surface area contributed by atoms with Crippen LogP contribution in [0.5, 0.6) is 0 Å². The van der Waals surface area contributed by atoms with Gasteiger partial charge in [-0.05, 0) is 47.7 Å². The molecule has 0 radical (unpaired) electrons. The summed E-state index contributed by atoms with van der Waals surface area (Å²) in [7, 11) is 0. The van der Waals surface area contributed by atoms with Crippen molar-refractivity contribution in [2.45, 2.75) is 6.42 Å². The summed E-state index contributed by atoms with van der Waals surface area (Å²) in [6.45, 7) is 3.95. The fraction of sp³-hybridized carbons (Fsp3) is 0.385. The number of rotatable bonds is 2. The predicted molar refractivity (Wildman–Crippen MR) is 89.2 cm³/mol. The number of hydrogen-bond donors (Lipinski definition) is 2. The molecular weight excluding hydrogens is 389 g/mol. The van der Waals surface area contributed by atoms with Crippen molar-refractivity contribution in [3.05, 3.63) is 26.8 Å². The quantitative estimate of drug-likeness (QED) is 0.757. The van der Waals surface area contributed by atoms with Crippen molar-refractivity contribution in [1.82, 2.24) is 20.5 Å². The molecule has 7 heteroatoms. The second kappa shape index (κ2) is 6.28. The molecule has 1 aromatic heterocycles. The molecule has 0 amide bonds. The number of anilines is 1. The molecular formula is C13H15ClIN5. The molecule has 0 spiro atoms. The Morgan fingerprint density at radius 1 is 1.25 bits per heavy atom. The molecule has 2 N–H and O–H groups in total. The Hall–Kier alpha value is -0.860. The van der Waals surface area contributed by atoms with Crippen molar-refractivity contribution >= 4 is 40.1 Å². The van der Waals surface area contributed by atoms with Crippen LogP contribution in [0.2, 0.25) is 5.02 Å². The van der Waals surface area contributed by atoms with E-state index in [4.69, 9.17) is 11.6 Å². The molecule has 0 saturated carbocycles. The summed E-state index contributed by atoms with van der Waals surface area (Å²) >= 11 is 8.36. The molecule has 2 heterocycles. The zero-order valence-corrected chi connectivity index (χ0v) is 13.8. The molecule has 1 aromatic carbocycles. The van der Waals surface area contributed by atoms with Gasteiger partial charge in [-0.25, -0.2) is 0 Å². The fourth-order valence-corrected chi connectivity index (χ4v) is 2.73. The monoisotopic (exact) mass is 403 g/mol. The molecule has 0 bridgehead atoms. The van der Waals surface area contributed by atoms with Crippen LogP contribution >= 0.6 is 34.2 Å². The maximum Gasteiger partial charge on any atom is 0.245 e. The van der Waals surface area contributed by atoms with Crippen LogP contribution in [-0.2, 0) is 0 Å². The van der Waals surface area contributed by atoms with Crippen LogP contribution in [0.25, 0.3) is 11.4 Å². The summed E-state index contributed by atoms with van der Waals surface area (Å²) in [5.41, 5.74) is 0.960. The van der Waals surface area contributed by atoms with Crippen LogP contribution in [-0.4, -0.2) is 41.4 Å². The largest absolute Gasteiger partial charge is 0.338 e. The van der Waals surface area contributed by atoms with Crippen LogP contribution in [0.4, 0.5) is 5.95 Å². The zero-order chi connectivity index (χ0) is 13.9. The number of aromatic amines is 1. The highest BCUT2D eigenvalue weighted by Crippen LogP contribution is 2.25. The summed E-state index contributed by atoms with van der Waals surface area (Å²) in [4.78, 5) is 6.79. The first kappa shape index (κ1) is 14.1. The first-order chi connectivity index (χ1) is 9.74. The Bertz CT molecular complexity index is 592. The standard InChI is InChI=1S/C13H15ClIN5/c14-10-8-9(2-3-11(10)15)12-17-13(19-18-12)20-6-1-4-16-5-7-20/h2-3,8,16H,1,4-7H2,(H,17,18,19). The second-order valence-corrected chi connectivity index (χ2v) is 6.27. The van der Waals surface area contributed by atoms with E-state index in [1.165, 1.54) is 0 Å². The summed E-state index contributed by atoms with van der Waals surface area (Å²) in [6, 6.07) is 5.90. The van der Waals surface area contributed by atoms with E-state index in [9.17, 15) is 0 Å². The van der Waals surface area contributed by atoms with Crippen molar-refractivity contribution in [2.24, 2.45) is 0 Å². The van der Waals surface area contributed by atoms with Gasteiger partial charge < -0.3 is 10.2 Å². The number of benzene rings is 1. The highest BCUT2D eigenvalue weighted by atomic mass is 127. The third kappa shape index (κ3) is 3.07. The Morgan fingerprint density at radius 3 is 3.00 bits per heavy atom. The van der Waals surface area contributed by atoms with Crippen LogP contribution in [0.3, 0.4) is 0 Å². The minimum atomic E-state index is 0.736. The van der Waals surface area contributed by atoms with Crippen LogP contribution in [0, 0.1) is 3.57 Å². The third-order valence-corrected chi connectivity index (χ3v) is 4.86. The minimum Gasteiger partial charge on any atom is -0.338 e. The number of nitrogens with zero attached hydrogens (tertiary/aromatic N) is 3. The molecule has 1 aliphatic rings. The summed E-state index contributed by atoms with van der Waals surface area (Å²) in [5.74, 6) is 1.52. The molecule has 1 aliphatic heterocycles. The maximum absolute atomic E-state index is 6.15. The van der Waals surface area contributed by atoms with Gasteiger partial charge in [0.2, 0.25) is 5.95 Å². The van der Waals surface area contributed by atoms with Crippen molar-refractivity contribution < 1.29 is 0 Å². The smallest absolute Gasteiger partial charge is 0.245 e. The molecule has 0 aliphatic carbocycles. The van der Waals surface area contributed by atoms with E-state index in [-0.39, 0.29) is 0 Å². The average molecular weight is 404 g/mol. The van der Waals surface area contributed by atoms with Gasteiger partial charge in [-0.2, -0.15) is 4.98 Å². The lowest BCUT2D eigenvalue weighted by molar-refractivity contribution is 0.724. The van der Waals surface area contributed by atoms with Gasteiger partial charge in [0.15, 0.2) is 5.82 Å². The van der Waals surface area contributed by atoms with Crippen LogP contribution in [0.1, 0.15) is 6.42 Å². The van der Waals surface area contributed by atoms with E-state index in [1.54, 1.807) is 0 Å². The van der Waals surface area contributed by atoms with Gasteiger partial charge in [0.25, 0.3) is 0 Å². The van der Waals surface area contributed by atoms with Gasteiger partial charge in [-0.15, -0.1) is 5.10 Å². The molecule has 1 saturated heterocycles. The third-order valence-electron chi connectivity index (χ3n) is 3.29. The number of H-pyrrole nitrogens is 1. The number of nitrogens with one attached hydrogen (secondary N) is 2. The number of hydrogen-bond acceptors (Lipinski definition) is 4. The average Bonchev–Trinajstić information content (AvgIpc) is 2.78. The maximum atomic E-state index is 6.15. The Kier molecular flexibility index (Phi) is 4.42. The molecule has 2 aromatic rings. The number of aromatic nitrogens is 3. The molecule has 0 atom stereocenters. The van der Waals surface area contributed by atoms with Gasteiger partial charge >= 0.3 is 0 Å². The first-order valence-corrected chi connectivity index (χ1v) is 8.03. The van der Waals surface area contributed by atoms with E-state index in [0.717, 1.165) is 58.5 Å². The van der Waals surface area contributed by atoms with Gasteiger partial charge in [0, 0.05) is 28.8 Å². The van der Waals surface area contributed by atoms with Gasteiger partial charge in [0.1, 0.15) is 0 Å². The predicted octanol–water partition coefficient (Wildman–Crippen LogP) is 2.53. The van der Waals surface area contributed by atoms with E-state index in [1.807, 2.05) is 18.2 Å². The Morgan fingerprint density at radius 2 is 2.15 bits per heavy atom. The molecule has 106 valence electrons. The second-order valence-electron chi connectivity index (χ2n) is 4.70. The summed E-state index contributed by atoms with van der Waals surface area (Å²) in [6.07, 6.45) is 1.11. The van der Waals surface area contributed by atoms with E-state index >= 15 is 0 Å². The van der Waals surface area contributed by atoms with Gasteiger partial charge in [-0.1, -0.05) is 17.7 Å². The lowest BCUT2D eigenvalue weighted by Crippen LogP contribution is -2.28. The van der Waals surface area contributed by atoms with Crippen molar-refractivity contribution in [2.75, 3.05) is 31.1 Å². The van der Waals surface area contributed by atoms with Gasteiger partial charge in [0.05, 0.1) is 5.02 Å². The Labute approximate surface area is 136 Å². The molecule has 20 heavy (non-hydrogen) atoms.